The molecule has 0 radical (unpaired) electrons. The fraction of sp³-hybridized carbons (Fsp3) is 0.556. The first kappa shape index (κ1) is 15.8. The number of carbonyl (C=O) groups is 2. The standard InChI is InChI=1S/C18H21F2NO5/c1-10(22)21-8-13(6-14(21)17(23)24)12-4-5-15(26-18(19)20)16(7-12)25-9-11-2-3-11/h4-5,7,11,13-14,18H,2-3,6,8-9H2,1H3,(H,23,24)/t13?,14-/m1/s1/i9D2. The van der Waals surface area contributed by atoms with Gasteiger partial charge in [0.25, 0.3) is 0 Å². The number of amides is 1. The van der Waals surface area contributed by atoms with Gasteiger partial charge in [-0.2, -0.15) is 8.78 Å². The Bertz CT molecular complexity index is 750. The summed E-state index contributed by atoms with van der Waals surface area (Å²) in [5, 5.41) is 9.34. The van der Waals surface area contributed by atoms with Crippen LogP contribution in [-0.4, -0.2) is 47.6 Å². The zero-order valence-corrected chi connectivity index (χ0v) is 14.2. The number of aliphatic carboxylic acids is 1. The van der Waals surface area contributed by atoms with Crippen LogP contribution in [0.1, 0.15) is 40.4 Å². The minimum absolute atomic E-state index is 0.163. The molecule has 1 aliphatic heterocycles. The first-order chi connectivity index (χ1) is 13.1. The number of carbonyl (C=O) groups excluding carboxylic acids is 1. The molecule has 142 valence electrons. The lowest BCUT2D eigenvalue weighted by Crippen LogP contribution is -2.39. The fourth-order valence-corrected chi connectivity index (χ4v) is 3.06. The molecule has 1 aromatic rings. The van der Waals surface area contributed by atoms with Crippen molar-refractivity contribution in [2.75, 3.05) is 13.1 Å². The second kappa shape index (κ2) is 7.47. The van der Waals surface area contributed by atoms with Crippen LogP contribution in [0, 0.1) is 5.92 Å². The highest BCUT2D eigenvalue weighted by molar-refractivity contribution is 5.83. The largest absolute Gasteiger partial charge is 0.489 e. The van der Waals surface area contributed by atoms with Gasteiger partial charge in [0.1, 0.15) is 6.04 Å². The molecule has 1 heterocycles. The molecule has 1 N–H and O–H groups in total. The average molecular weight is 371 g/mol. The summed E-state index contributed by atoms with van der Waals surface area (Å²) in [6.45, 7) is -3.67. The van der Waals surface area contributed by atoms with E-state index in [1.807, 2.05) is 0 Å². The molecule has 3 rings (SSSR count). The summed E-state index contributed by atoms with van der Waals surface area (Å²) in [5.41, 5.74) is 0.568. The predicted molar refractivity (Wildman–Crippen MR) is 87.5 cm³/mol. The van der Waals surface area contributed by atoms with Gasteiger partial charge in [0, 0.05) is 19.4 Å². The van der Waals surface area contributed by atoms with Crippen molar-refractivity contribution < 1.29 is 35.7 Å². The minimum atomic E-state index is -3.10. The van der Waals surface area contributed by atoms with Gasteiger partial charge in [-0.15, -0.1) is 0 Å². The van der Waals surface area contributed by atoms with Crippen LogP contribution < -0.4 is 9.47 Å². The Hall–Kier alpha value is -2.38. The maximum atomic E-state index is 12.7. The van der Waals surface area contributed by atoms with Gasteiger partial charge >= 0.3 is 12.6 Å². The number of hydrogen-bond acceptors (Lipinski definition) is 4. The van der Waals surface area contributed by atoms with Crippen molar-refractivity contribution in [3.05, 3.63) is 23.8 Å². The number of nitrogens with zero attached hydrogens (tertiary/aromatic N) is 1. The van der Waals surface area contributed by atoms with Crippen molar-refractivity contribution in [3.63, 3.8) is 0 Å². The van der Waals surface area contributed by atoms with E-state index >= 15 is 0 Å². The second-order valence-electron chi connectivity index (χ2n) is 6.54. The third-order valence-electron chi connectivity index (χ3n) is 4.56. The number of carboxylic acids is 1. The van der Waals surface area contributed by atoms with E-state index in [1.54, 1.807) is 0 Å². The smallest absolute Gasteiger partial charge is 0.387 e. The summed E-state index contributed by atoms with van der Waals surface area (Å²) in [4.78, 5) is 24.4. The molecule has 26 heavy (non-hydrogen) atoms. The Morgan fingerprint density at radius 1 is 1.38 bits per heavy atom. The molecule has 1 unspecified atom stereocenters. The van der Waals surface area contributed by atoms with Crippen LogP contribution in [0.3, 0.4) is 0 Å². The van der Waals surface area contributed by atoms with Crippen LogP contribution in [0.2, 0.25) is 0 Å². The van der Waals surface area contributed by atoms with Gasteiger partial charge in [0.05, 0.1) is 9.30 Å². The molecule has 1 aliphatic carbocycles. The van der Waals surface area contributed by atoms with Gasteiger partial charge in [0.15, 0.2) is 11.5 Å². The third-order valence-corrected chi connectivity index (χ3v) is 4.56. The molecule has 6 nitrogen and oxygen atoms in total. The van der Waals surface area contributed by atoms with Gasteiger partial charge < -0.3 is 19.5 Å². The zero-order chi connectivity index (χ0) is 20.6. The van der Waals surface area contributed by atoms with Crippen molar-refractivity contribution in [2.24, 2.45) is 5.92 Å². The minimum Gasteiger partial charge on any atom is -0.489 e. The van der Waals surface area contributed by atoms with E-state index in [4.69, 9.17) is 7.48 Å². The monoisotopic (exact) mass is 371 g/mol. The fourth-order valence-electron chi connectivity index (χ4n) is 3.06. The molecule has 2 aliphatic rings. The predicted octanol–water partition coefficient (Wildman–Crippen LogP) is 2.87. The lowest BCUT2D eigenvalue weighted by atomic mass is 9.96. The number of benzene rings is 1. The van der Waals surface area contributed by atoms with Gasteiger partial charge in [-0.3, -0.25) is 4.79 Å². The topological polar surface area (TPSA) is 76.1 Å². The van der Waals surface area contributed by atoms with E-state index in [9.17, 15) is 23.5 Å². The Morgan fingerprint density at radius 2 is 2.12 bits per heavy atom. The number of alkyl halides is 2. The SMILES string of the molecule is [2H]C([2H])(Oc1cc(C2C[C@H](C(=O)O)N(C(C)=O)C2)ccc1OC(F)F)C1CC1. The Labute approximate surface area is 152 Å². The maximum absolute atomic E-state index is 12.7. The molecule has 0 bridgehead atoms. The van der Waals surface area contributed by atoms with Crippen molar-refractivity contribution in [3.8, 4) is 11.5 Å². The summed E-state index contributed by atoms with van der Waals surface area (Å²) in [6, 6.07) is 3.18. The Kier molecular flexibility index (Phi) is 4.55. The van der Waals surface area contributed by atoms with E-state index in [2.05, 4.69) is 4.74 Å². The van der Waals surface area contributed by atoms with Gasteiger partial charge in [-0.25, -0.2) is 4.79 Å². The summed E-state index contributed by atoms with van der Waals surface area (Å²) in [6.07, 6.45) is 1.46. The van der Waals surface area contributed by atoms with E-state index < -0.39 is 25.2 Å². The summed E-state index contributed by atoms with van der Waals surface area (Å²) < 4.78 is 51.2. The van der Waals surface area contributed by atoms with Crippen LogP contribution >= 0.6 is 0 Å². The number of ether oxygens (including phenoxy) is 2. The maximum Gasteiger partial charge on any atom is 0.387 e. The average Bonchev–Trinajstić information content (AvgIpc) is 3.35. The molecule has 0 aromatic heterocycles. The van der Waals surface area contributed by atoms with Crippen LogP contribution in [0.15, 0.2) is 18.2 Å². The Balaban J connectivity index is 1.88. The van der Waals surface area contributed by atoms with Gasteiger partial charge in [0.2, 0.25) is 5.91 Å². The summed E-state index contributed by atoms with van der Waals surface area (Å²) >= 11 is 0. The van der Waals surface area contributed by atoms with Gasteiger partial charge in [-0.1, -0.05) is 6.07 Å². The van der Waals surface area contributed by atoms with E-state index in [0.717, 1.165) is 0 Å². The van der Waals surface area contributed by atoms with Crippen LogP contribution in [0.4, 0.5) is 8.78 Å². The van der Waals surface area contributed by atoms with Crippen LogP contribution in [0.5, 0.6) is 11.5 Å². The number of likely N-dealkylation sites (tertiary alicyclic amines) is 1. The zero-order valence-electron chi connectivity index (χ0n) is 16.2. The van der Waals surface area contributed by atoms with Crippen molar-refractivity contribution in [2.45, 2.75) is 44.8 Å². The van der Waals surface area contributed by atoms with E-state index in [0.29, 0.717) is 18.4 Å². The molecule has 1 saturated carbocycles. The van der Waals surface area contributed by atoms with E-state index in [-0.39, 0.29) is 42.2 Å². The molecule has 1 saturated heterocycles. The van der Waals surface area contributed by atoms with Crippen molar-refractivity contribution in [1.82, 2.24) is 4.90 Å². The Morgan fingerprint density at radius 3 is 2.65 bits per heavy atom. The van der Waals surface area contributed by atoms with Crippen LogP contribution in [-0.2, 0) is 9.59 Å². The number of hydrogen-bond donors (Lipinski definition) is 1. The lowest BCUT2D eigenvalue weighted by Gasteiger charge is -2.19. The van der Waals surface area contributed by atoms with E-state index in [1.165, 1.54) is 30.0 Å². The highest BCUT2D eigenvalue weighted by Crippen LogP contribution is 2.38. The molecule has 2 atom stereocenters. The van der Waals surface area contributed by atoms with Gasteiger partial charge in [-0.05, 0) is 42.9 Å². The molecular formula is C18H21F2NO5. The molecule has 2 fully saturated rings. The van der Waals surface area contributed by atoms with Crippen LogP contribution in [0.25, 0.3) is 0 Å². The highest BCUT2D eigenvalue weighted by atomic mass is 19.3. The normalized spacial score (nSPS) is 24.2. The van der Waals surface area contributed by atoms with Crippen molar-refractivity contribution >= 4 is 11.9 Å². The quantitative estimate of drug-likeness (QED) is 0.798. The lowest BCUT2D eigenvalue weighted by molar-refractivity contribution is -0.147. The highest BCUT2D eigenvalue weighted by Gasteiger charge is 2.39. The number of carboxylic acid groups (broad SMARTS) is 1. The molecule has 8 heteroatoms. The number of rotatable bonds is 7. The summed E-state index contributed by atoms with van der Waals surface area (Å²) in [7, 11) is 0. The molecular weight excluding hydrogens is 348 g/mol. The molecule has 1 aromatic carbocycles. The first-order valence-electron chi connectivity index (χ1n) is 9.36. The summed E-state index contributed by atoms with van der Waals surface area (Å²) in [5.74, 6) is -2.60. The molecule has 0 spiro atoms. The third kappa shape index (κ3) is 4.23. The first-order valence-corrected chi connectivity index (χ1v) is 8.36. The number of halogens is 2. The van der Waals surface area contributed by atoms with Crippen molar-refractivity contribution in [1.29, 1.82) is 0 Å². The molecule has 1 amide bonds. The second-order valence-corrected chi connectivity index (χ2v) is 6.54.